The van der Waals surface area contributed by atoms with Crippen molar-refractivity contribution in [3.8, 4) is 5.75 Å². The normalized spacial score (nSPS) is 11.8. The quantitative estimate of drug-likeness (QED) is 0.414. The largest absolute Gasteiger partial charge is 0.492 e. The van der Waals surface area contributed by atoms with Gasteiger partial charge in [-0.3, -0.25) is 9.10 Å². The van der Waals surface area contributed by atoms with Crippen LogP contribution in [0.4, 0.5) is 5.69 Å². The lowest BCUT2D eigenvalue weighted by Gasteiger charge is -2.19. The van der Waals surface area contributed by atoms with Gasteiger partial charge in [0, 0.05) is 26.7 Å². The van der Waals surface area contributed by atoms with Crippen LogP contribution in [0.25, 0.3) is 0 Å². The molecule has 1 amide bonds. The number of amides is 1. The van der Waals surface area contributed by atoms with Gasteiger partial charge in [0.25, 0.3) is 15.9 Å². The highest BCUT2D eigenvalue weighted by molar-refractivity contribution is 7.92. The number of benzene rings is 3. The van der Waals surface area contributed by atoms with Gasteiger partial charge in [0.2, 0.25) is 10.0 Å². The molecule has 0 heterocycles. The summed E-state index contributed by atoms with van der Waals surface area (Å²) in [5.74, 6) is 0.144. The van der Waals surface area contributed by atoms with Crippen molar-refractivity contribution >= 4 is 31.6 Å². The molecule has 186 valence electrons. The smallest absolute Gasteiger partial charge is 0.264 e. The van der Waals surface area contributed by atoms with E-state index in [-0.39, 0.29) is 28.8 Å². The Bertz CT molecular complexity index is 1360. The molecule has 0 saturated carbocycles. The number of anilines is 1. The second-order valence-corrected chi connectivity index (χ2v) is 11.8. The lowest BCUT2D eigenvalue weighted by molar-refractivity contribution is 0.0947. The zero-order valence-corrected chi connectivity index (χ0v) is 21.2. The lowest BCUT2D eigenvalue weighted by atomic mass is 10.2. The van der Waals surface area contributed by atoms with Gasteiger partial charge in [-0.25, -0.2) is 21.1 Å². The predicted octanol–water partition coefficient (Wildman–Crippen LogP) is 2.57. The summed E-state index contributed by atoms with van der Waals surface area (Å²) in [5, 5.41) is 2.73. The molecule has 0 radical (unpaired) electrons. The molecule has 3 aromatic carbocycles. The second kappa shape index (κ2) is 10.9. The Kier molecular flexibility index (Phi) is 8.15. The van der Waals surface area contributed by atoms with E-state index in [2.05, 4.69) is 5.32 Å². The average molecular weight is 518 g/mol. The number of hydrogen-bond acceptors (Lipinski definition) is 6. The van der Waals surface area contributed by atoms with Gasteiger partial charge in [0.1, 0.15) is 12.4 Å². The first-order valence-corrected chi connectivity index (χ1v) is 13.5. The third kappa shape index (κ3) is 6.18. The summed E-state index contributed by atoms with van der Waals surface area (Å²) in [6.07, 6.45) is 0. The zero-order chi connectivity index (χ0) is 25.6. The van der Waals surface area contributed by atoms with E-state index >= 15 is 0 Å². The van der Waals surface area contributed by atoms with Crippen molar-refractivity contribution in [2.75, 3.05) is 38.6 Å². The molecule has 0 aliphatic rings. The van der Waals surface area contributed by atoms with Crippen LogP contribution in [0.5, 0.6) is 5.75 Å². The lowest BCUT2D eigenvalue weighted by Crippen LogP contribution is -2.28. The number of carbonyl (C=O) groups excluding carboxylic acids is 1. The molecule has 11 heteroatoms. The third-order valence-electron chi connectivity index (χ3n) is 5.15. The van der Waals surface area contributed by atoms with Gasteiger partial charge in [-0.2, -0.15) is 0 Å². The Morgan fingerprint density at radius 2 is 1.34 bits per heavy atom. The van der Waals surface area contributed by atoms with Crippen LogP contribution < -0.4 is 14.4 Å². The Labute approximate surface area is 206 Å². The van der Waals surface area contributed by atoms with Crippen molar-refractivity contribution in [2.24, 2.45) is 0 Å². The van der Waals surface area contributed by atoms with Crippen LogP contribution >= 0.6 is 0 Å². The molecule has 3 aromatic rings. The summed E-state index contributed by atoms with van der Waals surface area (Å²) < 4.78 is 57.5. The molecular formula is C24H27N3O6S2. The summed E-state index contributed by atoms with van der Waals surface area (Å²) in [7, 11) is -2.84. The number of rotatable bonds is 10. The van der Waals surface area contributed by atoms with E-state index in [4.69, 9.17) is 4.74 Å². The Hall–Kier alpha value is -3.41. The summed E-state index contributed by atoms with van der Waals surface area (Å²) in [6, 6.07) is 20.3. The van der Waals surface area contributed by atoms with Crippen molar-refractivity contribution in [2.45, 2.75) is 9.79 Å². The first-order valence-electron chi connectivity index (χ1n) is 10.6. The maximum atomic E-state index is 12.7. The minimum atomic E-state index is -3.70. The standard InChI is InChI=1S/C24H27N3O6S2/c1-26(2)34(29,30)23-15-13-21(14-16-23)33-18-17-25-24(28)19-9-11-20(12-10-19)27(3)35(31,32)22-7-5-4-6-8-22/h4-16H,17-18H2,1-3H3,(H,25,28). The molecule has 0 aliphatic carbocycles. The Morgan fingerprint density at radius 3 is 1.91 bits per heavy atom. The first-order chi connectivity index (χ1) is 16.5. The number of sulfonamides is 2. The number of carbonyl (C=O) groups is 1. The van der Waals surface area contributed by atoms with E-state index in [0.29, 0.717) is 17.0 Å². The minimum Gasteiger partial charge on any atom is -0.492 e. The molecule has 0 unspecified atom stereocenters. The molecule has 0 spiro atoms. The van der Waals surface area contributed by atoms with Crippen LogP contribution in [0.15, 0.2) is 88.7 Å². The highest BCUT2D eigenvalue weighted by Gasteiger charge is 2.21. The Balaban J connectivity index is 1.52. The monoisotopic (exact) mass is 517 g/mol. The van der Waals surface area contributed by atoms with Crippen molar-refractivity contribution in [1.29, 1.82) is 0 Å². The molecule has 0 atom stereocenters. The highest BCUT2D eigenvalue weighted by Crippen LogP contribution is 2.22. The van der Waals surface area contributed by atoms with Gasteiger partial charge in [0.05, 0.1) is 22.0 Å². The summed E-state index contributed by atoms with van der Waals surface area (Å²) in [5.41, 5.74) is 0.797. The summed E-state index contributed by atoms with van der Waals surface area (Å²) in [6.45, 7) is 0.405. The van der Waals surface area contributed by atoms with Crippen molar-refractivity contribution in [3.63, 3.8) is 0 Å². The Morgan fingerprint density at radius 1 is 0.771 bits per heavy atom. The molecule has 0 saturated heterocycles. The van der Waals surface area contributed by atoms with Gasteiger partial charge < -0.3 is 10.1 Å². The zero-order valence-electron chi connectivity index (χ0n) is 19.6. The van der Waals surface area contributed by atoms with Crippen LogP contribution in [-0.4, -0.2) is 61.3 Å². The maximum absolute atomic E-state index is 12.7. The predicted molar refractivity (Wildman–Crippen MR) is 134 cm³/mol. The maximum Gasteiger partial charge on any atom is 0.264 e. The van der Waals surface area contributed by atoms with Crippen LogP contribution in [0, 0.1) is 0 Å². The van der Waals surface area contributed by atoms with Gasteiger partial charge in [0.15, 0.2) is 0 Å². The van der Waals surface area contributed by atoms with E-state index in [9.17, 15) is 21.6 Å². The molecule has 0 fully saturated rings. The van der Waals surface area contributed by atoms with Gasteiger partial charge in [-0.1, -0.05) is 18.2 Å². The van der Waals surface area contributed by atoms with Crippen LogP contribution in [-0.2, 0) is 20.0 Å². The molecule has 0 aliphatic heterocycles. The van der Waals surface area contributed by atoms with E-state index < -0.39 is 20.0 Å². The SMILES string of the molecule is CN(C)S(=O)(=O)c1ccc(OCCNC(=O)c2ccc(N(C)S(=O)(=O)c3ccccc3)cc2)cc1. The van der Waals surface area contributed by atoms with Gasteiger partial charge >= 0.3 is 0 Å². The molecule has 0 bridgehead atoms. The van der Waals surface area contributed by atoms with Crippen LogP contribution in [0.1, 0.15) is 10.4 Å². The summed E-state index contributed by atoms with van der Waals surface area (Å²) >= 11 is 0. The van der Waals surface area contributed by atoms with Crippen molar-refractivity contribution < 1.29 is 26.4 Å². The number of hydrogen-bond donors (Lipinski definition) is 1. The van der Waals surface area contributed by atoms with E-state index in [1.165, 1.54) is 45.4 Å². The molecule has 9 nitrogen and oxygen atoms in total. The third-order valence-corrected chi connectivity index (χ3v) is 8.78. The fourth-order valence-corrected chi connectivity index (χ4v) is 5.18. The molecular weight excluding hydrogens is 490 g/mol. The van der Waals surface area contributed by atoms with Crippen molar-refractivity contribution in [1.82, 2.24) is 9.62 Å². The fraction of sp³-hybridized carbons (Fsp3) is 0.208. The van der Waals surface area contributed by atoms with Crippen LogP contribution in [0.3, 0.4) is 0 Å². The van der Waals surface area contributed by atoms with Crippen LogP contribution in [0.2, 0.25) is 0 Å². The van der Waals surface area contributed by atoms with E-state index in [0.717, 1.165) is 8.61 Å². The van der Waals surface area contributed by atoms with Gasteiger partial charge in [-0.15, -0.1) is 0 Å². The van der Waals surface area contributed by atoms with Crippen molar-refractivity contribution in [3.05, 3.63) is 84.4 Å². The highest BCUT2D eigenvalue weighted by atomic mass is 32.2. The minimum absolute atomic E-state index is 0.161. The summed E-state index contributed by atoms with van der Waals surface area (Å²) in [4.78, 5) is 12.7. The van der Waals surface area contributed by atoms with E-state index in [1.807, 2.05) is 0 Å². The topological polar surface area (TPSA) is 113 Å². The molecule has 35 heavy (non-hydrogen) atoms. The number of nitrogens with zero attached hydrogens (tertiary/aromatic N) is 2. The fourth-order valence-electron chi connectivity index (χ4n) is 3.07. The number of nitrogens with one attached hydrogen (secondary N) is 1. The number of ether oxygens (including phenoxy) is 1. The molecule has 3 rings (SSSR count). The molecule has 1 N–H and O–H groups in total. The average Bonchev–Trinajstić information content (AvgIpc) is 2.86. The van der Waals surface area contributed by atoms with E-state index in [1.54, 1.807) is 54.6 Å². The second-order valence-electron chi connectivity index (χ2n) is 7.70. The first kappa shape index (κ1) is 26.2. The molecule has 0 aromatic heterocycles. The van der Waals surface area contributed by atoms with Gasteiger partial charge in [-0.05, 0) is 60.7 Å².